The summed E-state index contributed by atoms with van der Waals surface area (Å²) < 4.78 is 83.0. The van der Waals surface area contributed by atoms with Crippen molar-refractivity contribution in [1.29, 1.82) is 0 Å². The van der Waals surface area contributed by atoms with E-state index in [4.69, 9.17) is 15.9 Å². The van der Waals surface area contributed by atoms with Crippen LogP contribution in [0.25, 0.3) is 0 Å². The molecule has 1 aliphatic heterocycles. The van der Waals surface area contributed by atoms with Crippen LogP contribution in [0.4, 0.5) is 26.7 Å². The zero-order valence-electron chi connectivity index (χ0n) is 20.7. The summed E-state index contributed by atoms with van der Waals surface area (Å²) >= 11 is 0. The van der Waals surface area contributed by atoms with Crippen LogP contribution < -0.4 is 5.32 Å². The number of hydrogen-bond donors (Lipinski definition) is 1. The third-order valence-electron chi connectivity index (χ3n) is 5.70. The summed E-state index contributed by atoms with van der Waals surface area (Å²) in [4.78, 5) is 26.2. The minimum absolute atomic E-state index is 0.0194. The lowest BCUT2D eigenvalue weighted by Gasteiger charge is -2.44. The first-order valence-electron chi connectivity index (χ1n) is 11.5. The Kier molecular flexibility index (Phi) is 9.71. The van der Waals surface area contributed by atoms with Crippen molar-refractivity contribution < 1.29 is 41.0 Å². The van der Waals surface area contributed by atoms with Gasteiger partial charge in [-0.25, -0.2) is 26.7 Å². The highest BCUT2D eigenvalue weighted by Gasteiger charge is 2.46. The Morgan fingerprint density at radius 3 is 2.47 bits per heavy atom. The molecule has 3 unspecified atom stereocenters. The molecule has 200 valence electrons. The fourth-order valence-corrected chi connectivity index (χ4v) is 4.10. The fraction of sp³-hybridized carbons (Fsp3) is 0.600. The second-order valence-corrected chi connectivity index (χ2v) is 9.72. The molecular formula is C25H31F5N2O4. The first-order chi connectivity index (χ1) is 16.7. The maximum atomic E-state index is 14.8. The summed E-state index contributed by atoms with van der Waals surface area (Å²) in [6.07, 6.45) is 2.98. The molecule has 1 N–H and O–H groups in total. The Morgan fingerprint density at radius 2 is 1.86 bits per heavy atom. The van der Waals surface area contributed by atoms with Gasteiger partial charge in [0.05, 0.1) is 6.54 Å². The van der Waals surface area contributed by atoms with E-state index < -0.39 is 77.5 Å². The number of carbonyl (C=O) groups is 2. The molecule has 11 heteroatoms. The molecule has 1 heterocycles. The van der Waals surface area contributed by atoms with Gasteiger partial charge in [-0.15, -0.1) is 6.42 Å². The summed E-state index contributed by atoms with van der Waals surface area (Å²) in [6.45, 7) is 4.96. The molecule has 1 aromatic rings. The van der Waals surface area contributed by atoms with Gasteiger partial charge in [-0.2, -0.15) is 0 Å². The molecule has 1 saturated heterocycles. The average Bonchev–Trinajstić information content (AvgIpc) is 2.75. The SMILES string of the molecule is C#CCOCCCC(F)(F)CN1C(=O)C(NC(=O)OC(C)(C)C)CC(c2c(F)ccc(F)c2F)C1C. The van der Waals surface area contributed by atoms with Crippen LogP contribution in [0.1, 0.15) is 58.4 Å². The molecule has 1 aromatic carbocycles. The van der Waals surface area contributed by atoms with Crippen molar-refractivity contribution >= 4 is 12.0 Å². The second-order valence-electron chi connectivity index (χ2n) is 9.72. The summed E-state index contributed by atoms with van der Waals surface area (Å²) in [5.74, 6) is -7.16. The van der Waals surface area contributed by atoms with Crippen LogP contribution in [0.3, 0.4) is 0 Å². The van der Waals surface area contributed by atoms with Crippen molar-refractivity contribution in [2.45, 2.75) is 76.5 Å². The van der Waals surface area contributed by atoms with Crippen molar-refractivity contribution in [2.24, 2.45) is 0 Å². The number of alkyl halides is 2. The quantitative estimate of drug-likeness (QED) is 0.221. The van der Waals surface area contributed by atoms with E-state index in [1.54, 1.807) is 20.8 Å². The number of terminal acetylenes is 1. The van der Waals surface area contributed by atoms with Crippen LogP contribution in [-0.4, -0.2) is 60.3 Å². The minimum Gasteiger partial charge on any atom is -0.444 e. The zero-order chi connectivity index (χ0) is 27.3. The van der Waals surface area contributed by atoms with Crippen LogP contribution in [-0.2, 0) is 14.3 Å². The van der Waals surface area contributed by atoms with Crippen molar-refractivity contribution in [3.63, 3.8) is 0 Å². The molecule has 2 amide bonds. The monoisotopic (exact) mass is 518 g/mol. The minimum atomic E-state index is -3.39. The van der Waals surface area contributed by atoms with Crippen LogP contribution in [0.2, 0.25) is 0 Å². The normalized spacial score (nSPS) is 20.7. The van der Waals surface area contributed by atoms with Crippen LogP contribution in [0.15, 0.2) is 12.1 Å². The van der Waals surface area contributed by atoms with E-state index in [2.05, 4.69) is 11.2 Å². The number of rotatable bonds is 9. The van der Waals surface area contributed by atoms with E-state index in [0.29, 0.717) is 6.07 Å². The molecule has 0 bridgehead atoms. The number of ether oxygens (including phenoxy) is 2. The maximum absolute atomic E-state index is 14.8. The van der Waals surface area contributed by atoms with Gasteiger partial charge >= 0.3 is 6.09 Å². The molecule has 3 atom stereocenters. The van der Waals surface area contributed by atoms with Crippen molar-refractivity contribution in [2.75, 3.05) is 19.8 Å². The molecule has 2 rings (SSSR count). The standard InChI is InChI=1S/C25H31F5N2O4/c1-6-11-35-12-7-10-25(29,30)14-32-15(2)16(20-17(26)8-9-18(27)21(20)28)13-19(22(32)33)31-23(34)36-24(3,4)5/h1,8-9,15-16,19H,7,10-14H2,2-5H3,(H,31,34). The number of amides is 2. The van der Waals surface area contributed by atoms with Gasteiger partial charge in [0.15, 0.2) is 11.6 Å². The second kappa shape index (κ2) is 11.9. The number of nitrogens with zero attached hydrogens (tertiary/aromatic N) is 1. The van der Waals surface area contributed by atoms with E-state index >= 15 is 0 Å². The van der Waals surface area contributed by atoms with Gasteiger partial charge in [-0.05, 0) is 52.7 Å². The Morgan fingerprint density at radius 1 is 1.22 bits per heavy atom. The van der Waals surface area contributed by atoms with Gasteiger partial charge in [0.25, 0.3) is 5.92 Å². The summed E-state index contributed by atoms with van der Waals surface area (Å²) in [7, 11) is 0. The average molecular weight is 519 g/mol. The van der Waals surface area contributed by atoms with Crippen LogP contribution in [0, 0.1) is 29.8 Å². The van der Waals surface area contributed by atoms with Gasteiger partial charge in [-0.3, -0.25) is 4.79 Å². The zero-order valence-corrected chi connectivity index (χ0v) is 20.7. The first kappa shape index (κ1) is 29.4. The van der Waals surface area contributed by atoms with E-state index in [1.165, 1.54) is 6.92 Å². The number of nitrogens with one attached hydrogen (secondary N) is 1. The maximum Gasteiger partial charge on any atom is 0.408 e. The predicted octanol–water partition coefficient (Wildman–Crippen LogP) is 4.77. The summed E-state index contributed by atoms with van der Waals surface area (Å²) in [6, 6.07) is -1.24. The van der Waals surface area contributed by atoms with E-state index in [0.717, 1.165) is 11.0 Å². The number of hydrogen-bond acceptors (Lipinski definition) is 4. The molecule has 0 spiro atoms. The van der Waals surface area contributed by atoms with Crippen molar-refractivity contribution in [3.8, 4) is 12.3 Å². The highest BCUT2D eigenvalue weighted by atomic mass is 19.3. The Bertz CT molecular complexity index is 990. The van der Waals surface area contributed by atoms with Crippen molar-refractivity contribution in [1.82, 2.24) is 10.2 Å². The van der Waals surface area contributed by atoms with Gasteiger partial charge in [0.2, 0.25) is 5.91 Å². The highest BCUT2D eigenvalue weighted by molar-refractivity contribution is 5.87. The third-order valence-corrected chi connectivity index (χ3v) is 5.70. The fourth-order valence-electron chi connectivity index (χ4n) is 4.10. The van der Waals surface area contributed by atoms with Gasteiger partial charge < -0.3 is 19.7 Å². The molecular weight excluding hydrogens is 487 g/mol. The molecule has 0 radical (unpaired) electrons. The van der Waals surface area contributed by atoms with E-state index in [1.807, 2.05) is 0 Å². The molecule has 0 aromatic heterocycles. The molecule has 36 heavy (non-hydrogen) atoms. The summed E-state index contributed by atoms with van der Waals surface area (Å²) in [5.41, 5.74) is -1.61. The highest BCUT2D eigenvalue weighted by Crippen LogP contribution is 2.38. The first-order valence-corrected chi connectivity index (χ1v) is 11.5. The molecule has 1 aliphatic rings. The molecule has 1 fully saturated rings. The number of likely N-dealkylation sites (tertiary alicyclic amines) is 1. The number of alkyl carbamates (subject to hydrolysis) is 1. The lowest BCUT2D eigenvalue weighted by atomic mass is 9.81. The predicted molar refractivity (Wildman–Crippen MR) is 122 cm³/mol. The smallest absolute Gasteiger partial charge is 0.408 e. The Balaban J connectivity index is 2.34. The van der Waals surface area contributed by atoms with Crippen LogP contribution in [0.5, 0.6) is 0 Å². The number of halogens is 5. The van der Waals surface area contributed by atoms with E-state index in [-0.39, 0.29) is 26.1 Å². The lowest BCUT2D eigenvalue weighted by Crippen LogP contribution is -2.60. The lowest BCUT2D eigenvalue weighted by molar-refractivity contribution is -0.147. The van der Waals surface area contributed by atoms with E-state index in [9.17, 15) is 31.5 Å². The van der Waals surface area contributed by atoms with Gasteiger partial charge in [0.1, 0.15) is 24.1 Å². The summed E-state index contributed by atoms with van der Waals surface area (Å²) in [5, 5.41) is 2.31. The van der Waals surface area contributed by atoms with Gasteiger partial charge in [-0.1, -0.05) is 5.92 Å². The largest absolute Gasteiger partial charge is 0.444 e. The van der Waals surface area contributed by atoms with Crippen LogP contribution >= 0.6 is 0 Å². The number of carbonyl (C=O) groups excluding carboxylic acids is 2. The molecule has 0 aliphatic carbocycles. The topological polar surface area (TPSA) is 67.9 Å². The Labute approximate surface area is 207 Å². The number of benzene rings is 1. The Hall–Kier alpha value is -2.87. The molecule has 0 saturated carbocycles. The molecule has 6 nitrogen and oxygen atoms in total. The van der Waals surface area contributed by atoms with Crippen molar-refractivity contribution in [3.05, 3.63) is 35.1 Å². The third kappa shape index (κ3) is 7.82. The number of piperidine rings is 1. The van der Waals surface area contributed by atoms with Gasteiger partial charge in [0, 0.05) is 30.6 Å².